The predicted molar refractivity (Wildman–Crippen MR) is 122 cm³/mol. The number of carbonyl (C=O) groups is 3. The number of aliphatic carboxylic acids is 1. The number of fused-ring (bicyclic) bond motifs is 2. The Morgan fingerprint density at radius 2 is 1.77 bits per heavy atom. The number of carboxylic acids is 1. The average molecular weight is 506 g/mol. The van der Waals surface area contributed by atoms with Crippen molar-refractivity contribution < 1.29 is 24.2 Å². The maximum Gasteiger partial charge on any atom is 0.342 e. The Labute approximate surface area is 193 Å². The molecule has 2 aliphatic rings. The van der Waals surface area contributed by atoms with E-state index in [1.807, 2.05) is 29.6 Å². The van der Waals surface area contributed by atoms with Gasteiger partial charge in [-0.2, -0.15) is 0 Å². The molecule has 0 saturated heterocycles. The van der Waals surface area contributed by atoms with E-state index in [-0.39, 0.29) is 23.8 Å². The van der Waals surface area contributed by atoms with Crippen molar-refractivity contribution in [3.63, 3.8) is 0 Å². The van der Waals surface area contributed by atoms with Gasteiger partial charge in [-0.15, -0.1) is 11.3 Å². The van der Waals surface area contributed by atoms with Crippen LogP contribution in [0.5, 0.6) is 0 Å². The summed E-state index contributed by atoms with van der Waals surface area (Å²) >= 11 is 4.67. The van der Waals surface area contributed by atoms with Crippen molar-refractivity contribution in [3.8, 4) is 11.1 Å². The number of thiophene rings is 1. The van der Waals surface area contributed by atoms with Gasteiger partial charge < -0.3 is 15.2 Å². The van der Waals surface area contributed by atoms with Crippen LogP contribution in [0.1, 0.15) is 43.5 Å². The number of carboxylic acid groups (broad SMARTS) is 1. The van der Waals surface area contributed by atoms with Crippen LogP contribution in [0.4, 0.5) is 5.00 Å². The van der Waals surface area contributed by atoms with Gasteiger partial charge in [-0.1, -0.05) is 28.1 Å². The minimum absolute atomic E-state index is 0.0605. The van der Waals surface area contributed by atoms with Gasteiger partial charge in [0.1, 0.15) is 10.6 Å². The molecule has 2 saturated carbocycles. The van der Waals surface area contributed by atoms with Gasteiger partial charge in [-0.05, 0) is 62.6 Å². The number of amides is 1. The van der Waals surface area contributed by atoms with Gasteiger partial charge in [0.25, 0.3) is 0 Å². The Kier molecular flexibility index (Phi) is 6.21. The number of hydrogen-bond donors (Lipinski definition) is 2. The van der Waals surface area contributed by atoms with Crippen LogP contribution >= 0.6 is 27.3 Å². The van der Waals surface area contributed by atoms with Crippen LogP contribution in [0.2, 0.25) is 0 Å². The summed E-state index contributed by atoms with van der Waals surface area (Å²) in [6.45, 7) is 3.54. The standard InChI is InChI=1S/C23H24BrNO5S/c1-11(2)30-23(29)19-16(12-5-7-15(24)8-6-12)10-31-21(19)25-20(26)17-13-3-4-14(9-13)18(17)22(27)28/h5-8,10-11,13-14,17-18H,3-4,9H2,1-2H3,(H,25,26)(H,27,28)/t13-,14-,17-,18-/m0/s1. The molecule has 4 rings (SSSR count). The predicted octanol–water partition coefficient (Wildman–Crippen LogP) is 5.43. The van der Waals surface area contributed by atoms with E-state index >= 15 is 0 Å². The third kappa shape index (κ3) is 4.28. The fraction of sp³-hybridized carbons (Fsp3) is 0.435. The third-order valence-corrected chi connectivity index (χ3v) is 7.66. The average Bonchev–Trinajstić information content (AvgIpc) is 3.42. The quantitative estimate of drug-likeness (QED) is 0.510. The van der Waals surface area contributed by atoms with Crippen LogP contribution in [0, 0.1) is 23.7 Å². The number of anilines is 1. The molecule has 4 atom stereocenters. The molecule has 8 heteroatoms. The number of halogens is 1. The van der Waals surface area contributed by atoms with Gasteiger partial charge in [0, 0.05) is 15.4 Å². The zero-order valence-corrected chi connectivity index (χ0v) is 19.7. The van der Waals surface area contributed by atoms with Gasteiger partial charge in [0.15, 0.2) is 0 Å². The fourth-order valence-corrected chi connectivity index (χ4v) is 6.21. The monoisotopic (exact) mass is 505 g/mol. The summed E-state index contributed by atoms with van der Waals surface area (Å²) in [5, 5.41) is 14.8. The Morgan fingerprint density at radius 3 is 2.39 bits per heavy atom. The lowest BCUT2D eigenvalue weighted by Gasteiger charge is -2.27. The number of ether oxygens (including phenoxy) is 1. The van der Waals surface area contributed by atoms with E-state index < -0.39 is 23.8 Å². The topological polar surface area (TPSA) is 92.7 Å². The van der Waals surface area contributed by atoms with Crippen LogP contribution < -0.4 is 5.32 Å². The molecule has 1 amide bonds. The molecule has 2 aromatic rings. The van der Waals surface area contributed by atoms with Crippen molar-refractivity contribution in [2.75, 3.05) is 5.32 Å². The zero-order valence-electron chi connectivity index (χ0n) is 17.3. The SMILES string of the molecule is CC(C)OC(=O)c1c(-c2ccc(Br)cc2)csc1NC(=O)[C@H]1[C@H]2CC[C@@H](C2)[C@@H]1C(=O)O. The Bertz CT molecular complexity index is 1020. The Hall–Kier alpha value is -2.19. The van der Waals surface area contributed by atoms with Crippen molar-refractivity contribution >= 4 is 50.1 Å². The second-order valence-corrected chi connectivity index (χ2v) is 10.3. The molecule has 2 N–H and O–H groups in total. The fourth-order valence-electron chi connectivity index (χ4n) is 4.99. The van der Waals surface area contributed by atoms with E-state index in [1.54, 1.807) is 13.8 Å². The zero-order chi connectivity index (χ0) is 22.3. The molecular weight excluding hydrogens is 482 g/mol. The highest BCUT2D eigenvalue weighted by molar-refractivity contribution is 9.10. The highest BCUT2D eigenvalue weighted by atomic mass is 79.9. The molecule has 31 heavy (non-hydrogen) atoms. The van der Waals surface area contributed by atoms with Gasteiger partial charge in [-0.25, -0.2) is 4.79 Å². The molecular formula is C23H24BrNO5S. The van der Waals surface area contributed by atoms with Crippen molar-refractivity contribution in [2.45, 2.75) is 39.2 Å². The summed E-state index contributed by atoms with van der Waals surface area (Å²) in [6, 6.07) is 7.55. The van der Waals surface area contributed by atoms with Crippen LogP contribution in [-0.4, -0.2) is 29.1 Å². The first kappa shape index (κ1) is 22.0. The summed E-state index contributed by atoms with van der Waals surface area (Å²) in [7, 11) is 0. The van der Waals surface area contributed by atoms with E-state index in [2.05, 4.69) is 21.2 Å². The molecule has 0 spiro atoms. The summed E-state index contributed by atoms with van der Waals surface area (Å²) in [5.41, 5.74) is 1.82. The number of esters is 1. The van der Waals surface area contributed by atoms with Crippen LogP contribution in [0.25, 0.3) is 11.1 Å². The first-order valence-corrected chi connectivity index (χ1v) is 12.1. The smallest absolute Gasteiger partial charge is 0.342 e. The molecule has 0 unspecified atom stereocenters. The molecule has 164 valence electrons. The third-order valence-electron chi connectivity index (χ3n) is 6.23. The first-order chi connectivity index (χ1) is 14.8. The van der Waals surface area contributed by atoms with Gasteiger partial charge in [0.05, 0.1) is 17.9 Å². The first-order valence-electron chi connectivity index (χ1n) is 10.4. The van der Waals surface area contributed by atoms with Gasteiger partial charge in [0.2, 0.25) is 5.91 Å². The van der Waals surface area contributed by atoms with Crippen LogP contribution in [-0.2, 0) is 14.3 Å². The second-order valence-electron chi connectivity index (χ2n) is 8.53. The minimum Gasteiger partial charge on any atom is -0.481 e. The summed E-state index contributed by atoms with van der Waals surface area (Å²) in [4.78, 5) is 37.9. The number of rotatable bonds is 6. The molecule has 1 heterocycles. The lowest BCUT2D eigenvalue weighted by molar-refractivity contribution is -0.148. The van der Waals surface area contributed by atoms with E-state index in [9.17, 15) is 19.5 Å². The van der Waals surface area contributed by atoms with Crippen LogP contribution in [0.3, 0.4) is 0 Å². The van der Waals surface area contributed by atoms with E-state index in [1.165, 1.54) is 11.3 Å². The molecule has 2 fully saturated rings. The number of carbonyl (C=O) groups excluding carboxylic acids is 2. The summed E-state index contributed by atoms with van der Waals surface area (Å²) in [5.74, 6) is -2.81. The number of nitrogens with one attached hydrogen (secondary N) is 1. The normalized spacial score (nSPS) is 24.4. The highest BCUT2D eigenvalue weighted by Gasteiger charge is 2.54. The maximum absolute atomic E-state index is 13.2. The van der Waals surface area contributed by atoms with Crippen LogP contribution in [0.15, 0.2) is 34.1 Å². The van der Waals surface area contributed by atoms with E-state index in [0.717, 1.165) is 29.3 Å². The molecule has 1 aromatic heterocycles. The number of benzene rings is 1. The molecule has 6 nitrogen and oxygen atoms in total. The van der Waals surface area contributed by atoms with Crippen molar-refractivity contribution in [1.29, 1.82) is 0 Å². The summed E-state index contributed by atoms with van der Waals surface area (Å²) < 4.78 is 6.37. The summed E-state index contributed by atoms with van der Waals surface area (Å²) in [6.07, 6.45) is 2.22. The van der Waals surface area contributed by atoms with Crippen molar-refractivity contribution in [1.82, 2.24) is 0 Å². The Balaban J connectivity index is 1.66. The molecule has 0 radical (unpaired) electrons. The Morgan fingerprint density at radius 1 is 1.13 bits per heavy atom. The lowest BCUT2D eigenvalue weighted by Crippen LogP contribution is -2.38. The van der Waals surface area contributed by atoms with Gasteiger partial charge in [-0.3, -0.25) is 9.59 Å². The minimum atomic E-state index is -0.909. The van der Waals surface area contributed by atoms with Crippen molar-refractivity contribution in [3.05, 3.63) is 39.7 Å². The second kappa shape index (κ2) is 8.74. The lowest BCUT2D eigenvalue weighted by atomic mass is 9.79. The molecule has 1 aromatic carbocycles. The maximum atomic E-state index is 13.2. The van der Waals surface area contributed by atoms with E-state index in [0.29, 0.717) is 16.1 Å². The van der Waals surface area contributed by atoms with Crippen molar-refractivity contribution in [2.24, 2.45) is 23.7 Å². The highest BCUT2D eigenvalue weighted by Crippen LogP contribution is 2.53. The van der Waals surface area contributed by atoms with E-state index in [4.69, 9.17) is 4.74 Å². The molecule has 2 aliphatic carbocycles. The molecule has 2 bridgehead atoms. The van der Waals surface area contributed by atoms with Gasteiger partial charge >= 0.3 is 11.9 Å². The molecule has 0 aliphatic heterocycles. The number of hydrogen-bond acceptors (Lipinski definition) is 5. The largest absolute Gasteiger partial charge is 0.481 e.